The number of nitrogens with one attached hydrogen (secondary N) is 1. The summed E-state index contributed by atoms with van der Waals surface area (Å²) in [4.78, 5) is 12.4. The summed E-state index contributed by atoms with van der Waals surface area (Å²) in [7, 11) is 0. The second kappa shape index (κ2) is 6.84. The lowest BCUT2D eigenvalue weighted by molar-refractivity contribution is -0.124. The summed E-state index contributed by atoms with van der Waals surface area (Å²) >= 11 is 0. The first kappa shape index (κ1) is 16.2. The van der Waals surface area contributed by atoms with E-state index in [4.69, 9.17) is 4.74 Å². The predicted octanol–water partition coefficient (Wildman–Crippen LogP) is 2.79. The molecule has 0 spiro atoms. The molecule has 0 unspecified atom stereocenters. The molecular formula is C19H20N2O3. The molecule has 0 saturated heterocycles. The maximum Gasteiger partial charge on any atom is 0.246 e. The highest BCUT2D eigenvalue weighted by molar-refractivity contribution is 5.87. The van der Waals surface area contributed by atoms with Crippen molar-refractivity contribution in [1.82, 2.24) is 5.43 Å². The number of phenolic OH excluding ortho intramolecular Hbond substituents is 1. The fraction of sp³-hybridized carbons (Fsp3) is 0.263. The number of para-hydroxylation sites is 1. The van der Waals surface area contributed by atoms with E-state index in [2.05, 4.69) is 10.5 Å². The number of amides is 1. The number of hydrazone groups is 1. The van der Waals surface area contributed by atoms with Gasteiger partial charge >= 0.3 is 0 Å². The summed E-state index contributed by atoms with van der Waals surface area (Å²) in [5.41, 5.74) is 3.55. The first-order chi connectivity index (χ1) is 11.7. The van der Waals surface area contributed by atoms with Crippen LogP contribution in [0.4, 0.5) is 0 Å². The van der Waals surface area contributed by atoms with Crippen LogP contribution in [0.3, 0.4) is 0 Å². The van der Waals surface area contributed by atoms with Gasteiger partial charge in [0.2, 0.25) is 5.91 Å². The molecule has 2 N–H and O–H groups in total. The van der Waals surface area contributed by atoms with Crippen molar-refractivity contribution in [2.75, 3.05) is 6.61 Å². The van der Waals surface area contributed by atoms with Gasteiger partial charge < -0.3 is 9.84 Å². The minimum absolute atomic E-state index is 0.120. The molecule has 2 atom stereocenters. The van der Waals surface area contributed by atoms with Crippen molar-refractivity contribution in [3.05, 3.63) is 65.7 Å². The Morgan fingerprint density at radius 3 is 2.71 bits per heavy atom. The molecule has 5 heteroatoms. The zero-order valence-electron chi connectivity index (χ0n) is 13.5. The second-order valence-electron chi connectivity index (χ2n) is 5.74. The van der Waals surface area contributed by atoms with Crippen molar-refractivity contribution in [3.63, 3.8) is 0 Å². The molecule has 24 heavy (non-hydrogen) atoms. The highest BCUT2D eigenvalue weighted by atomic mass is 16.5. The molecule has 1 saturated carbocycles. The Morgan fingerprint density at radius 1 is 1.29 bits per heavy atom. The lowest BCUT2D eigenvalue weighted by atomic mass is 10.1. The van der Waals surface area contributed by atoms with Gasteiger partial charge in [0.05, 0.1) is 12.1 Å². The highest BCUT2D eigenvalue weighted by Crippen LogP contribution is 2.55. The van der Waals surface area contributed by atoms with Crippen LogP contribution in [0.2, 0.25) is 0 Å². The van der Waals surface area contributed by atoms with Gasteiger partial charge in [-0.05, 0) is 31.0 Å². The van der Waals surface area contributed by atoms with Gasteiger partial charge in [0.1, 0.15) is 11.4 Å². The smallest absolute Gasteiger partial charge is 0.246 e. The van der Waals surface area contributed by atoms with E-state index < -0.39 is 5.60 Å². The Hall–Kier alpha value is -2.66. The topological polar surface area (TPSA) is 70.9 Å². The summed E-state index contributed by atoms with van der Waals surface area (Å²) in [5, 5.41) is 13.6. The molecule has 1 fully saturated rings. The average Bonchev–Trinajstić information content (AvgIpc) is 3.33. The maximum atomic E-state index is 12.4. The Balaban J connectivity index is 1.67. The molecule has 1 amide bonds. The lowest BCUT2D eigenvalue weighted by Crippen LogP contribution is -2.26. The Morgan fingerprint density at radius 2 is 2.00 bits per heavy atom. The van der Waals surface area contributed by atoms with Crippen LogP contribution in [0.15, 0.2) is 59.7 Å². The number of carbonyl (C=O) groups is 1. The van der Waals surface area contributed by atoms with E-state index in [9.17, 15) is 9.90 Å². The van der Waals surface area contributed by atoms with Gasteiger partial charge in [-0.15, -0.1) is 0 Å². The number of nitrogens with zero attached hydrogens (tertiary/aromatic N) is 1. The second-order valence-corrected chi connectivity index (χ2v) is 5.74. The molecular weight excluding hydrogens is 304 g/mol. The number of hydrogen-bond acceptors (Lipinski definition) is 4. The third-order valence-corrected chi connectivity index (χ3v) is 4.21. The highest BCUT2D eigenvalue weighted by Gasteiger charge is 2.60. The minimum Gasteiger partial charge on any atom is -0.507 e. The minimum atomic E-state index is -0.551. The zero-order valence-corrected chi connectivity index (χ0v) is 13.5. The number of benzene rings is 2. The molecule has 0 heterocycles. The number of carbonyl (C=O) groups excluding carboxylic acids is 1. The number of rotatable bonds is 6. The Labute approximate surface area is 141 Å². The predicted molar refractivity (Wildman–Crippen MR) is 91.7 cm³/mol. The van der Waals surface area contributed by atoms with Crippen LogP contribution < -0.4 is 5.43 Å². The summed E-state index contributed by atoms with van der Waals surface area (Å²) < 4.78 is 5.89. The first-order valence-corrected chi connectivity index (χ1v) is 7.98. The van der Waals surface area contributed by atoms with E-state index in [-0.39, 0.29) is 17.6 Å². The largest absolute Gasteiger partial charge is 0.507 e. The number of aromatic hydroxyl groups is 1. The van der Waals surface area contributed by atoms with Crippen molar-refractivity contribution in [2.24, 2.45) is 11.0 Å². The summed E-state index contributed by atoms with van der Waals surface area (Å²) in [5.74, 6) is -0.324. The molecule has 124 valence electrons. The Kier molecular flexibility index (Phi) is 4.62. The quantitative estimate of drug-likeness (QED) is 0.634. The molecule has 3 rings (SSSR count). The van der Waals surface area contributed by atoms with Crippen LogP contribution in [-0.4, -0.2) is 23.8 Å². The van der Waals surface area contributed by atoms with Crippen molar-refractivity contribution < 1.29 is 14.6 Å². The molecule has 1 aliphatic carbocycles. The molecule has 5 nitrogen and oxygen atoms in total. The summed E-state index contributed by atoms with van der Waals surface area (Å²) in [6.07, 6.45) is 2.07. The van der Waals surface area contributed by atoms with Crippen molar-refractivity contribution >= 4 is 12.1 Å². The summed E-state index contributed by atoms with van der Waals surface area (Å²) in [6.45, 7) is 2.47. The normalized spacial score (nSPS) is 22.5. The van der Waals surface area contributed by atoms with Gasteiger partial charge in [-0.1, -0.05) is 42.5 Å². The van der Waals surface area contributed by atoms with E-state index in [0.29, 0.717) is 18.6 Å². The van der Waals surface area contributed by atoms with Crippen LogP contribution >= 0.6 is 0 Å². The van der Waals surface area contributed by atoms with Gasteiger partial charge in [0, 0.05) is 12.2 Å². The van der Waals surface area contributed by atoms with Crippen molar-refractivity contribution in [1.29, 1.82) is 0 Å². The zero-order chi connectivity index (χ0) is 17.0. The van der Waals surface area contributed by atoms with Gasteiger partial charge in [-0.25, -0.2) is 5.43 Å². The SMILES string of the molecule is CCO[C@@]1(c2ccccc2)C[C@H]1C(=O)N/N=C/c1ccccc1O. The number of ether oxygens (including phenoxy) is 1. The van der Waals surface area contributed by atoms with E-state index in [1.54, 1.807) is 24.3 Å². The van der Waals surface area contributed by atoms with Gasteiger partial charge in [0.15, 0.2) is 0 Å². The van der Waals surface area contributed by atoms with Crippen LogP contribution in [0.5, 0.6) is 5.75 Å². The third-order valence-electron chi connectivity index (χ3n) is 4.21. The van der Waals surface area contributed by atoms with Gasteiger partial charge in [-0.2, -0.15) is 5.10 Å². The molecule has 0 aliphatic heterocycles. The lowest BCUT2D eigenvalue weighted by Gasteiger charge is -2.17. The van der Waals surface area contributed by atoms with Crippen LogP contribution in [0.25, 0.3) is 0 Å². The van der Waals surface area contributed by atoms with Crippen LogP contribution in [-0.2, 0) is 15.1 Å². The molecule has 1 aliphatic rings. The van der Waals surface area contributed by atoms with Crippen LogP contribution in [0.1, 0.15) is 24.5 Å². The van der Waals surface area contributed by atoms with Gasteiger partial charge in [0.25, 0.3) is 0 Å². The third kappa shape index (κ3) is 3.16. The fourth-order valence-corrected chi connectivity index (χ4v) is 2.93. The number of phenols is 1. The first-order valence-electron chi connectivity index (χ1n) is 7.98. The standard InChI is InChI=1S/C19H20N2O3/c1-2-24-19(15-9-4-3-5-10-15)12-16(19)18(23)21-20-13-14-8-6-7-11-17(14)22/h3-11,13,16,22H,2,12H2,1H3,(H,21,23)/b20-13+/t16-,19+/m0/s1. The van der Waals surface area contributed by atoms with E-state index in [1.165, 1.54) is 6.21 Å². The molecule has 2 aromatic rings. The van der Waals surface area contributed by atoms with Crippen molar-refractivity contribution in [3.8, 4) is 5.75 Å². The molecule has 0 bridgehead atoms. The maximum absolute atomic E-state index is 12.4. The number of hydrogen-bond donors (Lipinski definition) is 2. The van der Waals surface area contributed by atoms with Crippen molar-refractivity contribution in [2.45, 2.75) is 18.9 Å². The van der Waals surface area contributed by atoms with Gasteiger partial charge in [-0.3, -0.25) is 4.79 Å². The average molecular weight is 324 g/mol. The fourth-order valence-electron chi connectivity index (χ4n) is 2.93. The summed E-state index contributed by atoms with van der Waals surface area (Å²) in [6, 6.07) is 16.6. The molecule has 0 aromatic heterocycles. The molecule has 2 aromatic carbocycles. The van der Waals surface area contributed by atoms with E-state index in [1.807, 2.05) is 37.3 Å². The van der Waals surface area contributed by atoms with Crippen LogP contribution in [0, 0.1) is 5.92 Å². The van der Waals surface area contributed by atoms with E-state index in [0.717, 1.165) is 5.56 Å². The molecule has 0 radical (unpaired) electrons. The monoisotopic (exact) mass is 324 g/mol. The Bertz CT molecular complexity index is 745. The van der Waals surface area contributed by atoms with E-state index >= 15 is 0 Å².